The van der Waals surface area contributed by atoms with Crippen LogP contribution in [0.4, 0.5) is 0 Å². The molecule has 94 valence electrons. The van der Waals surface area contributed by atoms with Crippen LogP contribution in [0.2, 0.25) is 0 Å². The molecule has 0 spiro atoms. The normalized spacial score (nSPS) is 17.8. The number of nitrogens with one attached hydrogen (secondary N) is 1. The third kappa shape index (κ3) is 2.90. The first kappa shape index (κ1) is 12.6. The Balaban J connectivity index is 2.07. The monoisotopic (exact) mass is 231 g/mol. The van der Waals surface area contributed by atoms with Gasteiger partial charge in [0.05, 0.1) is 0 Å². The van der Waals surface area contributed by atoms with Crippen molar-refractivity contribution in [3.63, 3.8) is 0 Å². The summed E-state index contributed by atoms with van der Waals surface area (Å²) in [4.78, 5) is 0. The Labute approximate surface area is 106 Å². The molecule has 1 aromatic carbocycles. The molecule has 17 heavy (non-hydrogen) atoms. The van der Waals surface area contributed by atoms with Gasteiger partial charge in [0, 0.05) is 6.04 Å². The van der Waals surface area contributed by atoms with E-state index in [9.17, 15) is 0 Å². The van der Waals surface area contributed by atoms with Crippen molar-refractivity contribution in [2.75, 3.05) is 7.05 Å². The number of hydrogen-bond acceptors (Lipinski definition) is 1. The number of hydrogen-bond donors (Lipinski definition) is 1. The zero-order valence-electron chi connectivity index (χ0n) is 11.4. The van der Waals surface area contributed by atoms with Gasteiger partial charge in [0.1, 0.15) is 0 Å². The molecule has 0 radical (unpaired) electrons. The minimum atomic E-state index is 0.611. The molecular formula is C16H25N. The SMILES string of the molecule is CCC(C)C(Cc1ccc2c(c1)CCC2)NC. The van der Waals surface area contributed by atoms with Gasteiger partial charge in [-0.25, -0.2) is 0 Å². The lowest BCUT2D eigenvalue weighted by molar-refractivity contribution is 0.386. The Kier molecular flexibility index (Phi) is 4.22. The minimum Gasteiger partial charge on any atom is -0.316 e. The van der Waals surface area contributed by atoms with E-state index in [1.807, 2.05) is 0 Å². The fraction of sp³-hybridized carbons (Fsp3) is 0.625. The Morgan fingerprint density at radius 2 is 2.00 bits per heavy atom. The highest BCUT2D eigenvalue weighted by atomic mass is 14.9. The predicted molar refractivity (Wildman–Crippen MR) is 74.5 cm³/mol. The topological polar surface area (TPSA) is 12.0 Å². The molecule has 0 bridgehead atoms. The van der Waals surface area contributed by atoms with Crippen molar-refractivity contribution in [3.05, 3.63) is 34.9 Å². The van der Waals surface area contributed by atoms with Gasteiger partial charge in [0.2, 0.25) is 0 Å². The van der Waals surface area contributed by atoms with Crippen LogP contribution in [-0.4, -0.2) is 13.1 Å². The van der Waals surface area contributed by atoms with Crippen LogP contribution in [0, 0.1) is 5.92 Å². The average Bonchev–Trinajstić information content (AvgIpc) is 2.82. The van der Waals surface area contributed by atoms with Crippen molar-refractivity contribution in [1.82, 2.24) is 5.32 Å². The minimum absolute atomic E-state index is 0.611. The first-order chi connectivity index (χ1) is 8.24. The largest absolute Gasteiger partial charge is 0.316 e. The quantitative estimate of drug-likeness (QED) is 0.819. The molecule has 1 heteroatoms. The van der Waals surface area contributed by atoms with E-state index in [0.29, 0.717) is 6.04 Å². The van der Waals surface area contributed by atoms with E-state index >= 15 is 0 Å². The van der Waals surface area contributed by atoms with E-state index in [-0.39, 0.29) is 0 Å². The summed E-state index contributed by atoms with van der Waals surface area (Å²) in [6.45, 7) is 4.62. The van der Waals surface area contributed by atoms with E-state index in [1.165, 1.54) is 37.7 Å². The van der Waals surface area contributed by atoms with Crippen molar-refractivity contribution >= 4 is 0 Å². The summed E-state index contributed by atoms with van der Waals surface area (Å²) in [5.74, 6) is 0.744. The molecule has 0 fully saturated rings. The van der Waals surface area contributed by atoms with Crippen molar-refractivity contribution in [3.8, 4) is 0 Å². The maximum Gasteiger partial charge on any atom is 0.0130 e. The van der Waals surface area contributed by atoms with Crippen molar-refractivity contribution in [2.45, 2.75) is 52.0 Å². The third-order valence-electron chi connectivity index (χ3n) is 4.32. The molecule has 0 amide bonds. The maximum atomic E-state index is 3.47. The van der Waals surface area contributed by atoms with Crippen molar-refractivity contribution in [1.29, 1.82) is 0 Å². The molecule has 0 aliphatic heterocycles. The van der Waals surface area contributed by atoms with Crippen LogP contribution in [-0.2, 0) is 19.3 Å². The van der Waals surface area contributed by atoms with Gasteiger partial charge in [-0.3, -0.25) is 0 Å². The number of benzene rings is 1. The zero-order valence-corrected chi connectivity index (χ0v) is 11.4. The predicted octanol–water partition coefficient (Wildman–Crippen LogP) is 3.35. The lowest BCUT2D eigenvalue weighted by Gasteiger charge is -2.22. The van der Waals surface area contributed by atoms with Crippen molar-refractivity contribution in [2.24, 2.45) is 5.92 Å². The number of aryl methyl sites for hydroxylation is 2. The van der Waals surface area contributed by atoms with E-state index in [4.69, 9.17) is 0 Å². The molecule has 1 aliphatic rings. The average molecular weight is 231 g/mol. The highest BCUT2D eigenvalue weighted by Crippen LogP contribution is 2.24. The lowest BCUT2D eigenvalue weighted by atomic mass is 9.92. The smallest absolute Gasteiger partial charge is 0.0130 e. The number of likely N-dealkylation sites (N-methyl/N-ethyl adjacent to an activating group) is 1. The molecule has 2 atom stereocenters. The fourth-order valence-electron chi connectivity index (χ4n) is 2.88. The molecule has 1 aromatic rings. The summed E-state index contributed by atoms with van der Waals surface area (Å²) in [5, 5.41) is 3.47. The molecule has 1 nitrogen and oxygen atoms in total. The van der Waals surface area contributed by atoms with Crippen LogP contribution in [0.15, 0.2) is 18.2 Å². The van der Waals surface area contributed by atoms with Crippen LogP contribution in [0.3, 0.4) is 0 Å². The summed E-state index contributed by atoms with van der Waals surface area (Å²) >= 11 is 0. The first-order valence-electron chi connectivity index (χ1n) is 7.02. The zero-order chi connectivity index (χ0) is 12.3. The summed E-state index contributed by atoms with van der Waals surface area (Å²) < 4.78 is 0. The maximum absolute atomic E-state index is 3.47. The second-order valence-electron chi connectivity index (χ2n) is 5.44. The second-order valence-corrected chi connectivity index (χ2v) is 5.44. The van der Waals surface area contributed by atoms with E-state index < -0.39 is 0 Å². The van der Waals surface area contributed by atoms with E-state index in [0.717, 1.165) is 5.92 Å². The molecule has 0 saturated heterocycles. The molecule has 1 aliphatic carbocycles. The van der Waals surface area contributed by atoms with Gasteiger partial charge in [0.15, 0.2) is 0 Å². The van der Waals surface area contributed by atoms with Gasteiger partial charge >= 0.3 is 0 Å². The van der Waals surface area contributed by atoms with E-state index in [1.54, 1.807) is 11.1 Å². The lowest BCUT2D eigenvalue weighted by Crippen LogP contribution is -2.33. The second kappa shape index (κ2) is 5.68. The summed E-state index contributed by atoms with van der Waals surface area (Å²) in [6.07, 6.45) is 6.34. The molecule has 0 aromatic heterocycles. The standard InChI is InChI=1S/C16H25N/c1-4-12(2)16(17-3)11-13-8-9-14-6-5-7-15(14)10-13/h8-10,12,16-17H,4-7,11H2,1-3H3. The first-order valence-corrected chi connectivity index (χ1v) is 7.02. The fourth-order valence-corrected chi connectivity index (χ4v) is 2.88. The molecule has 2 rings (SSSR count). The summed E-state index contributed by atoms with van der Waals surface area (Å²) in [7, 11) is 2.09. The molecule has 0 heterocycles. The van der Waals surface area contributed by atoms with Gasteiger partial charge in [-0.15, -0.1) is 0 Å². The highest BCUT2D eigenvalue weighted by Gasteiger charge is 2.16. The van der Waals surface area contributed by atoms with Gasteiger partial charge < -0.3 is 5.32 Å². The Bertz CT molecular complexity index is 370. The van der Waals surface area contributed by atoms with Crippen LogP contribution in [0.1, 0.15) is 43.4 Å². The van der Waals surface area contributed by atoms with Gasteiger partial charge in [-0.2, -0.15) is 0 Å². The Morgan fingerprint density at radius 1 is 1.24 bits per heavy atom. The van der Waals surface area contributed by atoms with Gasteiger partial charge in [-0.05, 0) is 55.3 Å². The summed E-state index contributed by atoms with van der Waals surface area (Å²) in [5.41, 5.74) is 4.69. The number of rotatable bonds is 5. The van der Waals surface area contributed by atoms with E-state index in [2.05, 4.69) is 44.4 Å². The molecule has 0 saturated carbocycles. The molecule has 1 N–H and O–H groups in total. The molecule has 2 unspecified atom stereocenters. The van der Waals surface area contributed by atoms with Crippen LogP contribution < -0.4 is 5.32 Å². The van der Waals surface area contributed by atoms with Crippen LogP contribution >= 0.6 is 0 Å². The Morgan fingerprint density at radius 3 is 2.71 bits per heavy atom. The van der Waals surface area contributed by atoms with Gasteiger partial charge in [-0.1, -0.05) is 38.5 Å². The van der Waals surface area contributed by atoms with Crippen LogP contribution in [0.25, 0.3) is 0 Å². The number of fused-ring (bicyclic) bond motifs is 1. The van der Waals surface area contributed by atoms with Crippen molar-refractivity contribution < 1.29 is 0 Å². The summed E-state index contributed by atoms with van der Waals surface area (Å²) in [6, 6.07) is 7.73. The highest BCUT2D eigenvalue weighted by molar-refractivity contribution is 5.35. The Hall–Kier alpha value is -0.820. The molecular weight excluding hydrogens is 206 g/mol. The van der Waals surface area contributed by atoms with Gasteiger partial charge in [0.25, 0.3) is 0 Å². The van der Waals surface area contributed by atoms with Crippen LogP contribution in [0.5, 0.6) is 0 Å². The third-order valence-corrected chi connectivity index (χ3v) is 4.32.